The molecule has 2 nitrogen and oxygen atoms in total. The number of nitrogens with one attached hydrogen (secondary N) is 1. The van der Waals surface area contributed by atoms with E-state index in [-0.39, 0.29) is 0 Å². The number of rotatable bonds is 6. The Morgan fingerprint density at radius 2 is 1.54 bits per heavy atom. The van der Waals surface area contributed by atoms with Crippen molar-refractivity contribution in [2.75, 3.05) is 0 Å². The van der Waals surface area contributed by atoms with E-state index in [0.717, 1.165) is 6.42 Å². The van der Waals surface area contributed by atoms with Crippen LogP contribution >= 0.6 is 0 Å². The molecule has 1 aromatic heterocycles. The van der Waals surface area contributed by atoms with E-state index in [1.807, 2.05) is 0 Å². The first-order valence-corrected chi connectivity index (χ1v) is 8.59. The molecule has 0 unspecified atom stereocenters. The average Bonchev–Trinajstić information content (AvgIpc) is 3.23. The highest BCUT2D eigenvalue weighted by Crippen LogP contribution is 2.28. The van der Waals surface area contributed by atoms with Gasteiger partial charge in [-0.15, -0.1) is 0 Å². The van der Waals surface area contributed by atoms with Crippen molar-refractivity contribution in [1.29, 1.82) is 0 Å². The molecule has 0 amide bonds. The number of benzene rings is 2. The van der Waals surface area contributed by atoms with Crippen LogP contribution in [0.3, 0.4) is 0 Å². The van der Waals surface area contributed by atoms with Crippen LogP contribution < -0.4 is 0 Å². The number of H-pyrrole nitrogens is 1. The van der Waals surface area contributed by atoms with E-state index in [4.69, 9.17) is 0 Å². The molecule has 0 aliphatic carbocycles. The quantitative estimate of drug-likeness (QED) is 0.522. The Kier molecular flexibility index (Phi) is 8.21. The molecule has 0 fully saturated rings. The molecule has 0 bridgehead atoms. The standard InChI is InChI=1S/C18H21B.C3H4N2/c19-15-9-3-8-14-18(16-10-4-1-5-11-16)17-12-6-2-7-13-17;1-2-5-3-4-1/h1-8,10-13,18H,9,14-15,19H2;1-3H,(H,4,5). The predicted octanol–water partition coefficient (Wildman–Crippen LogP) is 4.62. The average molecular weight is 316 g/mol. The third-order valence-electron chi connectivity index (χ3n) is 3.80. The van der Waals surface area contributed by atoms with Gasteiger partial charge in [-0.3, -0.25) is 0 Å². The number of hydrogen-bond donors (Lipinski definition) is 1. The van der Waals surface area contributed by atoms with E-state index in [0.29, 0.717) is 5.92 Å². The Bertz CT molecular complexity index is 607. The number of aromatic amines is 1. The van der Waals surface area contributed by atoms with Crippen molar-refractivity contribution in [1.82, 2.24) is 9.97 Å². The van der Waals surface area contributed by atoms with Crippen LogP contribution in [0.4, 0.5) is 0 Å². The summed E-state index contributed by atoms with van der Waals surface area (Å²) < 4.78 is 0. The molecule has 122 valence electrons. The Labute approximate surface area is 146 Å². The number of hydrogen-bond acceptors (Lipinski definition) is 1. The van der Waals surface area contributed by atoms with Gasteiger partial charge in [0.25, 0.3) is 0 Å². The topological polar surface area (TPSA) is 28.7 Å². The molecular formula is C21H25BN2. The van der Waals surface area contributed by atoms with Gasteiger partial charge in [0.15, 0.2) is 0 Å². The zero-order valence-electron chi connectivity index (χ0n) is 14.3. The van der Waals surface area contributed by atoms with Crippen LogP contribution in [-0.4, -0.2) is 17.8 Å². The first-order valence-electron chi connectivity index (χ1n) is 8.59. The highest BCUT2D eigenvalue weighted by molar-refractivity contribution is 6.08. The lowest BCUT2D eigenvalue weighted by Gasteiger charge is -2.16. The summed E-state index contributed by atoms with van der Waals surface area (Å²) in [6.07, 6.45) is 13.2. The molecule has 24 heavy (non-hydrogen) atoms. The van der Waals surface area contributed by atoms with Crippen LogP contribution in [-0.2, 0) is 0 Å². The number of allylic oxidation sites excluding steroid dienone is 2. The van der Waals surface area contributed by atoms with Crippen molar-refractivity contribution in [2.24, 2.45) is 0 Å². The van der Waals surface area contributed by atoms with Crippen LogP contribution in [0.1, 0.15) is 29.9 Å². The van der Waals surface area contributed by atoms with Crippen LogP contribution in [0.25, 0.3) is 0 Å². The summed E-state index contributed by atoms with van der Waals surface area (Å²) in [5.41, 5.74) is 2.80. The zero-order valence-corrected chi connectivity index (χ0v) is 14.3. The van der Waals surface area contributed by atoms with Crippen LogP contribution in [0.15, 0.2) is 91.5 Å². The van der Waals surface area contributed by atoms with Gasteiger partial charge < -0.3 is 4.98 Å². The minimum absolute atomic E-state index is 0.468. The van der Waals surface area contributed by atoms with E-state index in [2.05, 4.69) is 90.6 Å². The van der Waals surface area contributed by atoms with Gasteiger partial charge in [-0.25, -0.2) is 4.98 Å². The van der Waals surface area contributed by atoms with Crippen molar-refractivity contribution in [3.05, 3.63) is 103 Å². The van der Waals surface area contributed by atoms with Crippen molar-refractivity contribution in [3.8, 4) is 0 Å². The van der Waals surface area contributed by atoms with Gasteiger partial charge in [0.05, 0.1) is 6.33 Å². The van der Waals surface area contributed by atoms with Crippen LogP contribution in [0, 0.1) is 0 Å². The second-order valence-corrected chi connectivity index (χ2v) is 5.63. The molecule has 1 N–H and O–H groups in total. The van der Waals surface area contributed by atoms with Gasteiger partial charge in [0.1, 0.15) is 7.85 Å². The molecule has 0 saturated heterocycles. The molecule has 0 spiro atoms. The maximum atomic E-state index is 3.67. The minimum Gasteiger partial charge on any atom is -0.351 e. The summed E-state index contributed by atoms with van der Waals surface area (Å²) in [5, 5.41) is 0. The number of imidazole rings is 1. The van der Waals surface area contributed by atoms with Crippen molar-refractivity contribution in [3.63, 3.8) is 0 Å². The Morgan fingerprint density at radius 1 is 0.917 bits per heavy atom. The monoisotopic (exact) mass is 316 g/mol. The maximum absolute atomic E-state index is 3.67. The highest BCUT2D eigenvalue weighted by Gasteiger charge is 2.11. The molecule has 0 saturated carbocycles. The Balaban J connectivity index is 0.000000355. The van der Waals surface area contributed by atoms with E-state index in [9.17, 15) is 0 Å². The number of nitrogens with zero attached hydrogens (tertiary/aromatic N) is 1. The molecule has 0 atom stereocenters. The van der Waals surface area contributed by atoms with Gasteiger partial charge in [0.2, 0.25) is 0 Å². The van der Waals surface area contributed by atoms with E-state index in [1.165, 1.54) is 23.9 Å². The molecule has 3 heteroatoms. The summed E-state index contributed by atoms with van der Waals surface area (Å²) in [6, 6.07) is 21.6. The zero-order chi connectivity index (χ0) is 16.9. The van der Waals surface area contributed by atoms with Crippen LogP contribution in [0.2, 0.25) is 6.32 Å². The fourth-order valence-corrected chi connectivity index (χ4v) is 2.57. The lowest BCUT2D eigenvalue weighted by atomic mass is 9.88. The van der Waals surface area contributed by atoms with Gasteiger partial charge >= 0.3 is 0 Å². The normalized spacial score (nSPS) is 10.5. The molecule has 1 heterocycles. The molecule has 2 aromatic carbocycles. The molecule has 3 aromatic rings. The Morgan fingerprint density at radius 3 is 1.96 bits per heavy atom. The fraction of sp³-hybridized carbons (Fsp3) is 0.190. The second kappa shape index (κ2) is 11.1. The van der Waals surface area contributed by atoms with Crippen molar-refractivity contribution in [2.45, 2.75) is 25.1 Å². The lowest BCUT2D eigenvalue weighted by Crippen LogP contribution is -1.99. The summed E-state index contributed by atoms with van der Waals surface area (Å²) in [4.78, 5) is 6.42. The lowest BCUT2D eigenvalue weighted by molar-refractivity contribution is 0.827. The van der Waals surface area contributed by atoms with Crippen molar-refractivity contribution < 1.29 is 0 Å². The number of aromatic nitrogens is 2. The molecule has 0 aliphatic rings. The third-order valence-corrected chi connectivity index (χ3v) is 3.80. The smallest absolute Gasteiger partial charge is 0.101 e. The Hall–Kier alpha value is -2.55. The predicted molar refractivity (Wildman–Crippen MR) is 105 cm³/mol. The first-order chi connectivity index (χ1) is 11.9. The van der Waals surface area contributed by atoms with E-state index < -0.39 is 0 Å². The largest absolute Gasteiger partial charge is 0.351 e. The van der Waals surface area contributed by atoms with E-state index in [1.54, 1.807) is 18.7 Å². The molecule has 0 radical (unpaired) electrons. The highest BCUT2D eigenvalue weighted by atomic mass is 14.8. The van der Waals surface area contributed by atoms with E-state index >= 15 is 0 Å². The van der Waals surface area contributed by atoms with Gasteiger partial charge in [-0.1, -0.05) is 79.1 Å². The maximum Gasteiger partial charge on any atom is 0.101 e. The van der Waals surface area contributed by atoms with Gasteiger partial charge in [-0.2, -0.15) is 0 Å². The SMILES string of the molecule is BCCC=CCC(c1ccccc1)c1ccccc1.c1c[nH]cn1. The fourth-order valence-electron chi connectivity index (χ4n) is 2.57. The van der Waals surface area contributed by atoms with Crippen molar-refractivity contribution >= 4 is 7.85 Å². The molecule has 3 rings (SSSR count). The molecular weight excluding hydrogens is 291 g/mol. The summed E-state index contributed by atoms with van der Waals surface area (Å²) in [6.45, 7) is 0. The summed E-state index contributed by atoms with van der Waals surface area (Å²) in [5.74, 6) is 0.468. The minimum atomic E-state index is 0.468. The third kappa shape index (κ3) is 6.29. The summed E-state index contributed by atoms with van der Waals surface area (Å²) >= 11 is 0. The molecule has 0 aliphatic heterocycles. The first kappa shape index (κ1) is 17.8. The van der Waals surface area contributed by atoms with Crippen LogP contribution in [0.5, 0.6) is 0 Å². The second-order valence-electron chi connectivity index (χ2n) is 5.63. The summed E-state index contributed by atoms with van der Waals surface area (Å²) in [7, 11) is 2.22. The van der Waals surface area contributed by atoms with Gasteiger partial charge in [-0.05, 0) is 24.0 Å². The van der Waals surface area contributed by atoms with Gasteiger partial charge in [0, 0.05) is 18.3 Å².